The normalized spacial score (nSPS) is 15.2. The molecule has 1 aliphatic heterocycles. The molecule has 2 amide bonds. The third kappa shape index (κ3) is 2.67. The maximum atomic E-state index is 12.6. The summed E-state index contributed by atoms with van der Waals surface area (Å²) in [4.78, 5) is 27.8. The fraction of sp³-hybridized carbons (Fsp3) is 0.357. The fourth-order valence-electron chi connectivity index (χ4n) is 2.46. The number of aromatic nitrogens is 4. The van der Waals surface area contributed by atoms with E-state index >= 15 is 0 Å². The van der Waals surface area contributed by atoms with Crippen LogP contribution < -0.4 is 0 Å². The predicted octanol–water partition coefficient (Wildman–Crippen LogP) is -0.0334. The van der Waals surface area contributed by atoms with Crippen molar-refractivity contribution < 1.29 is 9.59 Å². The molecular formula is C14H16N6O2. The van der Waals surface area contributed by atoms with Gasteiger partial charge >= 0.3 is 0 Å². The van der Waals surface area contributed by atoms with Crippen molar-refractivity contribution in [3.8, 4) is 5.69 Å². The van der Waals surface area contributed by atoms with E-state index < -0.39 is 0 Å². The molecule has 0 atom stereocenters. The van der Waals surface area contributed by atoms with E-state index in [1.807, 2.05) is 13.0 Å². The highest BCUT2D eigenvalue weighted by molar-refractivity contribution is 5.97. The molecule has 114 valence electrons. The average molecular weight is 300 g/mol. The maximum Gasteiger partial charge on any atom is 0.254 e. The van der Waals surface area contributed by atoms with Crippen molar-refractivity contribution in [1.29, 1.82) is 0 Å². The second-order valence-corrected chi connectivity index (χ2v) is 5.00. The molecule has 0 spiro atoms. The highest BCUT2D eigenvalue weighted by atomic mass is 16.2. The van der Waals surface area contributed by atoms with Crippen LogP contribution in [-0.4, -0.2) is 68.0 Å². The Morgan fingerprint density at radius 3 is 2.86 bits per heavy atom. The molecule has 0 bridgehead atoms. The van der Waals surface area contributed by atoms with Crippen LogP contribution in [-0.2, 0) is 4.79 Å². The van der Waals surface area contributed by atoms with Crippen molar-refractivity contribution >= 4 is 11.8 Å². The van der Waals surface area contributed by atoms with Gasteiger partial charge in [0.2, 0.25) is 5.91 Å². The average Bonchev–Trinajstić information content (AvgIpc) is 3.09. The minimum atomic E-state index is -0.154. The summed E-state index contributed by atoms with van der Waals surface area (Å²) in [6.07, 6.45) is 1.47. The Kier molecular flexibility index (Phi) is 3.82. The van der Waals surface area contributed by atoms with Crippen molar-refractivity contribution in [2.24, 2.45) is 0 Å². The van der Waals surface area contributed by atoms with Gasteiger partial charge < -0.3 is 9.80 Å². The molecule has 2 aromatic rings. The second kappa shape index (κ2) is 5.92. The van der Waals surface area contributed by atoms with Gasteiger partial charge in [0.05, 0.1) is 5.69 Å². The Bertz CT molecular complexity index is 684. The van der Waals surface area contributed by atoms with Crippen LogP contribution in [0.4, 0.5) is 0 Å². The minimum Gasteiger partial charge on any atom is -0.340 e. The molecule has 0 aliphatic carbocycles. The van der Waals surface area contributed by atoms with Crippen LogP contribution in [0.15, 0.2) is 30.6 Å². The third-order valence-corrected chi connectivity index (χ3v) is 3.69. The minimum absolute atomic E-state index is 0.0151. The number of rotatable bonds is 3. The van der Waals surface area contributed by atoms with Crippen LogP contribution in [0, 0.1) is 0 Å². The largest absolute Gasteiger partial charge is 0.340 e. The molecule has 8 heteroatoms. The lowest BCUT2D eigenvalue weighted by atomic mass is 10.1. The number of tetrazole rings is 1. The van der Waals surface area contributed by atoms with E-state index in [1.165, 1.54) is 11.0 Å². The van der Waals surface area contributed by atoms with Gasteiger partial charge in [0.1, 0.15) is 12.9 Å². The Hall–Kier alpha value is -2.77. The van der Waals surface area contributed by atoms with Gasteiger partial charge in [0, 0.05) is 25.2 Å². The van der Waals surface area contributed by atoms with E-state index in [0.717, 1.165) is 0 Å². The van der Waals surface area contributed by atoms with Crippen molar-refractivity contribution in [3.05, 3.63) is 36.2 Å². The molecule has 1 fully saturated rings. The summed E-state index contributed by atoms with van der Waals surface area (Å²) < 4.78 is 1.48. The van der Waals surface area contributed by atoms with E-state index in [0.29, 0.717) is 30.9 Å². The number of nitrogens with zero attached hydrogens (tertiary/aromatic N) is 6. The zero-order valence-electron chi connectivity index (χ0n) is 12.2. The van der Waals surface area contributed by atoms with Crippen LogP contribution in [0.3, 0.4) is 0 Å². The topological polar surface area (TPSA) is 84.2 Å². The molecule has 3 rings (SSSR count). The van der Waals surface area contributed by atoms with Crippen molar-refractivity contribution in [1.82, 2.24) is 30.0 Å². The van der Waals surface area contributed by atoms with Gasteiger partial charge in [0.15, 0.2) is 0 Å². The Labute approximate surface area is 127 Å². The molecule has 1 aliphatic rings. The number of hydrogen-bond acceptors (Lipinski definition) is 5. The summed E-state index contributed by atoms with van der Waals surface area (Å²) >= 11 is 0. The first-order valence-corrected chi connectivity index (χ1v) is 7.09. The second-order valence-electron chi connectivity index (χ2n) is 5.00. The van der Waals surface area contributed by atoms with Crippen LogP contribution in [0.25, 0.3) is 5.69 Å². The third-order valence-electron chi connectivity index (χ3n) is 3.69. The summed E-state index contributed by atoms with van der Waals surface area (Å²) in [5, 5.41) is 11.0. The van der Waals surface area contributed by atoms with E-state index in [-0.39, 0.29) is 18.4 Å². The van der Waals surface area contributed by atoms with Gasteiger partial charge in [-0.15, -0.1) is 5.10 Å². The van der Waals surface area contributed by atoms with E-state index in [4.69, 9.17) is 0 Å². The van der Waals surface area contributed by atoms with Gasteiger partial charge in [-0.05, 0) is 35.5 Å². The molecule has 0 radical (unpaired) electrons. The molecule has 2 heterocycles. The summed E-state index contributed by atoms with van der Waals surface area (Å²) in [7, 11) is 0. The molecule has 8 nitrogen and oxygen atoms in total. The number of carbonyl (C=O) groups is 2. The summed E-state index contributed by atoms with van der Waals surface area (Å²) in [6.45, 7) is 3.86. The van der Waals surface area contributed by atoms with Gasteiger partial charge in [-0.2, -0.15) is 0 Å². The van der Waals surface area contributed by atoms with Crippen LogP contribution in [0.1, 0.15) is 17.3 Å². The van der Waals surface area contributed by atoms with Crippen molar-refractivity contribution in [2.75, 3.05) is 26.2 Å². The Morgan fingerprint density at radius 2 is 2.18 bits per heavy atom. The number of amides is 2. The quantitative estimate of drug-likeness (QED) is 0.794. The summed E-state index contributed by atoms with van der Waals surface area (Å²) in [6, 6.07) is 7.03. The van der Waals surface area contributed by atoms with Gasteiger partial charge in [-0.3, -0.25) is 9.59 Å². The van der Waals surface area contributed by atoms with Gasteiger partial charge in [0.25, 0.3) is 5.91 Å². The monoisotopic (exact) mass is 300 g/mol. The van der Waals surface area contributed by atoms with Gasteiger partial charge in [-0.1, -0.05) is 6.07 Å². The lowest BCUT2D eigenvalue weighted by Crippen LogP contribution is -2.52. The molecule has 0 saturated carbocycles. The predicted molar refractivity (Wildman–Crippen MR) is 77.3 cm³/mol. The van der Waals surface area contributed by atoms with E-state index in [1.54, 1.807) is 28.0 Å². The molecule has 1 saturated heterocycles. The first-order chi connectivity index (χ1) is 10.7. The summed E-state index contributed by atoms with van der Waals surface area (Å²) in [5.74, 6) is -0.169. The first kappa shape index (κ1) is 14.2. The number of piperazine rings is 1. The molecule has 1 aromatic carbocycles. The maximum absolute atomic E-state index is 12.6. The van der Waals surface area contributed by atoms with Gasteiger partial charge in [-0.25, -0.2) is 4.68 Å². The lowest BCUT2D eigenvalue weighted by molar-refractivity contribution is -0.134. The molecule has 22 heavy (non-hydrogen) atoms. The standard InChI is InChI=1S/C14H16N6O2/c1-2-18-6-7-19(9-13(18)21)14(22)11-4-3-5-12(8-11)20-10-15-16-17-20/h3-5,8,10H,2,6-7,9H2,1H3. The SMILES string of the molecule is CCN1CCN(C(=O)c2cccc(-n3cnnn3)c2)CC1=O. The zero-order valence-corrected chi connectivity index (χ0v) is 12.2. The molecule has 0 unspecified atom stereocenters. The van der Waals surface area contributed by atoms with Crippen LogP contribution in [0.5, 0.6) is 0 Å². The summed E-state index contributed by atoms with van der Waals surface area (Å²) in [5.41, 5.74) is 1.22. The smallest absolute Gasteiger partial charge is 0.254 e. The zero-order chi connectivity index (χ0) is 15.5. The van der Waals surface area contributed by atoms with Crippen molar-refractivity contribution in [2.45, 2.75) is 6.92 Å². The van der Waals surface area contributed by atoms with Crippen molar-refractivity contribution in [3.63, 3.8) is 0 Å². The van der Waals surface area contributed by atoms with E-state index in [2.05, 4.69) is 15.5 Å². The Balaban J connectivity index is 1.78. The fourth-order valence-corrected chi connectivity index (χ4v) is 2.46. The Morgan fingerprint density at radius 1 is 1.32 bits per heavy atom. The molecule has 0 N–H and O–H groups in total. The first-order valence-electron chi connectivity index (χ1n) is 7.09. The number of likely N-dealkylation sites (N-methyl/N-ethyl adjacent to an activating group) is 1. The lowest BCUT2D eigenvalue weighted by Gasteiger charge is -2.33. The number of carbonyl (C=O) groups excluding carboxylic acids is 2. The molecule has 1 aromatic heterocycles. The number of benzene rings is 1. The van der Waals surface area contributed by atoms with E-state index in [9.17, 15) is 9.59 Å². The highest BCUT2D eigenvalue weighted by Gasteiger charge is 2.26. The molecular weight excluding hydrogens is 284 g/mol. The highest BCUT2D eigenvalue weighted by Crippen LogP contribution is 2.13. The van der Waals surface area contributed by atoms with Crippen LogP contribution in [0.2, 0.25) is 0 Å². The van der Waals surface area contributed by atoms with Crippen LogP contribution >= 0.6 is 0 Å². The number of hydrogen-bond donors (Lipinski definition) is 0.